The first-order valence-electron chi connectivity index (χ1n) is 12.7. The maximum atomic E-state index is 12.5. The Kier molecular flexibility index (Phi) is 11.5. The number of halogens is 1. The highest BCUT2D eigenvalue weighted by Gasteiger charge is 2.35. The van der Waals surface area contributed by atoms with E-state index in [1.165, 1.54) is 0 Å². The molecule has 5 atom stereocenters. The van der Waals surface area contributed by atoms with Crippen LogP contribution in [0.25, 0.3) is 10.8 Å². The number of carbonyl (C=O) groups is 2. The minimum absolute atomic E-state index is 0.0727. The van der Waals surface area contributed by atoms with Crippen LogP contribution in [0.15, 0.2) is 58.7 Å². The van der Waals surface area contributed by atoms with Crippen LogP contribution < -0.4 is 15.3 Å². The van der Waals surface area contributed by atoms with Gasteiger partial charge in [-0.1, -0.05) is 54.9 Å². The van der Waals surface area contributed by atoms with Crippen LogP contribution in [0.3, 0.4) is 0 Å². The third kappa shape index (κ3) is 8.88. The molecular formula is C27H36ClN4O6P. The van der Waals surface area contributed by atoms with Crippen molar-refractivity contribution in [2.75, 3.05) is 13.7 Å². The SMILES string of the molecule is CC(C)OC(=O)C(C)N[P@@](OCC1CC(C)C(N(C)/C=C(Cl)\C(N)=N/C=O)O1)Oc1cccc2ccccc12. The minimum Gasteiger partial charge on any atom is -0.462 e. The van der Waals surface area contributed by atoms with Crippen LogP contribution in [0.4, 0.5) is 0 Å². The second-order valence-corrected chi connectivity index (χ2v) is 11.2. The van der Waals surface area contributed by atoms with E-state index < -0.39 is 20.5 Å². The molecule has 0 aliphatic carbocycles. The number of nitrogens with zero attached hydrogens (tertiary/aromatic N) is 2. The van der Waals surface area contributed by atoms with Gasteiger partial charge in [-0.3, -0.25) is 9.59 Å². The maximum absolute atomic E-state index is 12.5. The lowest BCUT2D eigenvalue weighted by atomic mass is 10.1. The summed E-state index contributed by atoms with van der Waals surface area (Å²) in [5.74, 6) is 0.322. The van der Waals surface area contributed by atoms with E-state index in [4.69, 9.17) is 35.9 Å². The summed E-state index contributed by atoms with van der Waals surface area (Å²) >= 11 is 6.16. The number of benzene rings is 2. The van der Waals surface area contributed by atoms with Gasteiger partial charge in [0.2, 0.25) is 6.41 Å². The molecular weight excluding hydrogens is 543 g/mol. The zero-order chi connectivity index (χ0) is 28.5. The molecule has 1 aliphatic heterocycles. The molecule has 0 saturated carbocycles. The number of rotatable bonds is 13. The highest BCUT2D eigenvalue weighted by atomic mass is 35.5. The molecule has 3 N–H and O–H groups in total. The zero-order valence-corrected chi connectivity index (χ0v) is 24.4. The van der Waals surface area contributed by atoms with Crippen molar-refractivity contribution in [3.8, 4) is 5.75 Å². The fraction of sp³-hybridized carbons (Fsp3) is 0.444. The molecule has 212 valence electrons. The van der Waals surface area contributed by atoms with Crippen molar-refractivity contribution in [2.24, 2.45) is 16.6 Å². The average Bonchev–Trinajstić information content (AvgIpc) is 3.27. The van der Waals surface area contributed by atoms with Crippen LogP contribution in [0, 0.1) is 5.92 Å². The predicted octanol–water partition coefficient (Wildman–Crippen LogP) is 4.67. The lowest BCUT2D eigenvalue weighted by Crippen LogP contribution is -2.35. The van der Waals surface area contributed by atoms with E-state index in [1.54, 1.807) is 38.9 Å². The molecule has 0 aromatic heterocycles. The maximum Gasteiger partial charge on any atom is 0.323 e. The van der Waals surface area contributed by atoms with E-state index in [1.807, 2.05) is 42.5 Å². The number of aliphatic imine (C=N–C) groups is 1. The quantitative estimate of drug-likeness (QED) is 0.115. The lowest BCUT2D eigenvalue weighted by molar-refractivity contribution is -0.149. The van der Waals surface area contributed by atoms with E-state index in [9.17, 15) is 9.59 Å². The molecule has 2 aromatic carbocycles. The highest BCUT2D eigenvalue weighted by Crippen LogP contribution is 2.41. The monoisotopic (exact) mass is 578 g/mol. The van der Waals surface area contributed by atoms with Crippen molar-refractivity contribution in [2.45, 2.75) is 58.6 Å². The van der Waals surface area contributed by atoms with Gasteiger partial charge in [-0.2, -0.15) is 4.99 Å². The smallest absolute Gasteiger partial charge is 0.323 e. The van der Waals surface area contributed by atoms with Gasteiger partial charge in [0.25, 0.3) is 0 Å². The normalized spacial score (nSPS) is 21.6. The average molecular weight is 579 g/mol. The molecule has 1 fully saturated rings. The lowest BCUT2D eigenvalue weighted by Gasteiger charge is -2.27. The molecule has 1 aliphatic rings. The van der Waals surface area contributed by atoms with Crippen LogP contribution in [-0.4, -0.2) is 61.2 Å². The summed E-state index contributed by atoms with van der Waals surface area (Å²) in [6.07, 6.45) is 1.87. The number of carbonyl (C=O) groups excluding carboxylic acids is 2. The number of fused-ring (bicyclic) bond motifs is 1. The Balaban J connectivity index is 1.70. The third-order valence-electron chi connectivity index (χ3n) is 5.92. The summed E-state index contributed by atoms with van der Waals surface area (Å²) in [6, 6.07) is 13.0. The van der Waals surface area contributed by atoms with Crippen molar-refractivity contribution < 1.29 is 28.1 Å². The Morgan fingerprint density at radius 2 is 2.00 bits per heavy atom. The van der Waals surface area contributed by atoms with Crippen molar-refractivity contribution in [1.82, 2.24) is 9.99 Å². The molecule has 0 spiro atoms. The largest absolute Gasteiger partial charge is 0.462 e. The molecule has 1 saturated heterocycles. The fourth-order valence-electron chi connectivity index (χ4n) is 4.11. The van der Waals surface area contributed by atoms with Gasteiger partial charge < -0.3 is 29.2 Å². The molecule has 2 aromatic rings. The Morgan fingerprint density at radius 3 is 2.72 bits per heavy atom. The van der Waals surface area contributed by atoms with Gasteiger partial charge in [0.15, 0.2) is 0 Å². The van der Waals surface area contributed by atoms with Crippen LogP contribution >= 0.6 is 20.1 Å². The van der Waals surface area contributed by atoms with E-state index in [2.05, 4.69) is 17.0 Å². The van der Waals surface area contributed by atoms with Crippen LogP contribution in [0.2, 0.25) is 0 Å². The molecule has 1 heterocycles. The Labute approximate surface area is 235 Å². The third-order valence-corrected chi connectivity index (χ3v) is 7.56. The van der Waals surface area contributed by atoms with Gasteiger partial charge in [-0.05, 0) is 38.6 Å². The van der Waals surface area contributed by atoms with Gasteiger partial charge in [0.1, 0.15) is 23.9 Å². The first-order valence-corrected chi connectivity index (χ1v) is 14.2. The molecule has 12 heteroatoms. The first kappa shape index (κ1) is 30.8. The Bertz CT molecular complexity index is 1190. The van der Waals surface area contributed by atoms with Gasteiger partial charge >= 0.3 is 14.5 Å². The summed E-state index contributed by atoms with van der Waals surface area (Å²) in [6.45, 7) is 7.60. The number of amidine groups is 1. The summed E-state index contributed by atoms with van der Waals surface area (Å²) in [5.41, 5.74) is 5.68. The number of hydrogen-bond donors (Lipinski definition) is 2. The number of esters is 1. The molecule has 3 rings (SSSR count). The van der Waals surface area contributed by atoms with Gasteiger partial charge in [0.05, 0.1) is 23.8 Å². The highest BCUT2D eigenvalue weighted by molar-refractivity contribution is 7.45. The molecule has 0 bridgehead atoms. The summed E-state index contributed by atoms with van der Waals surface area (Å²) < 4.78 is 24.1. The second-order valence-electron chi connectivity index (χ2n) is 9.58. The topological polar surface area (TPSA) is 125 Å². The second kappa shape index (κ2) is 14.6. The predicted molar refractivity (Wildman–Crippen MR) is 153 cm³/mol. The van der Waals surface area contributed by atoms with Crippen LogP contribution in [-0.2, 0) is 23.6 Å². The molecule has 0 radical (unpaired) electrons. The van der Waals surface area contributed by atoms with Crippen molar-refractivity contribution >= 4 is 49.1 Å². The number of nitrogens with one attached hydrogen (secondary N) is 1. The fourth-order valence-corrected chi connectivity index (χ4v) is 5.55. The summed E-state index contributed by atoms with van der Waals surface area (Å²) in [5, 5.41) is 5.25. The Morgan fingerprint density at radius 1 is 1.28 bits per heavy atom. The molecule has 39 heavy (non-hydrogen) atoms. The first-order chi connectivity index (χ1) is 18.6. The van der Waals surface area contributed by atoms with Crippen LogP contribution in [0.1, 0.15) is 34.1 Å². The van der Waals surface area contributed by atoms with E-state index in [-0.39, 0.29) is 41.8 Å². The van der Waals surface area contributed by atoms with Gasteiger partial charge in [0, 0.05) is 24.6 Å². The van der Waals surface area contributed by atoms with Crippen molar-refractivity contribution in [3.05, 3.63) is 53.7 Å². The minimum atomic E-state index is -1.74. The summed E-state index contributed by atoms with van der Waals surface area (Å²) in [4.78, 5) is 28.3. The number of ether oxygens (including phenoxy) is 2. The standard InChI is InChI=1S/C27H36ClN4O6P/c1-17(2)36-27(34)19(4)31-39(38-24-12-8-10-20-9-6-7-11-22(20)24)35-15-21-13-18(3)26(37-21)32(5)14-23(28)25(29)30-16-33/h6-12,14,16-19,21,26,31H,13,15H2,1-5H3,(H2,29,30,33)/b23-14+/t18?,19?,21?,26?,39-/m0/s1. The number of hydrogen-bond acceptors (Lipinski definition) is 8. The van der Waals surface area contributed by atoms with Gasteiger partial charge in [-0.25, -0.2) is 5.09 Å². The molecule has 10 nitrogen and oxygen atoms in total. The van der Waals surface area contributed by atoms with Crippen molar-refractivity contribution in [3.63, 3.8) is 0 Å². The summed E-state index contributed by atoms with van der Waals surface area (Å²) in [7, 11) is 0.0699. The van der Waals surface area contributed by atoms with E-state index >= 15 is 0 Å². The molecule has 4 unspecified atom stereocenters. The van der Waals surface area contributed by atoms with E-state index in [0.29, 0.717) is 12.2 Å². The molecule has 1 amide bonds. The zero-order valence-electron chi connectivity index (χ0n) is 22.7. The van der Waals surface area contributed by atoms with E-state index in [0.717, 1.165) is 17.2 Å². The number of amides is 1. The van der Waals surface area contributed by atoms with Crippen LogP contribution in [0.5, 0.6) is 5.75 Å². The number of nitrogens with two attached hydrogens (primary N) is 1. The Hall–Kier alpha value is -2.75. The van der Waals surface area contributed by atoms with Gasteiger partial charge in [-0.15, -0.1) is 0 Å². The van der Waals surface area contributed by atoms with Crippen molar-refractivity contribution in [1.29, 1.82) is 0 Å².